The van der Waals surface area contributed by atoms with E-state index in [-0.39, 0.29) is 5.91 Å². The number of hydrogen-bond donors (Lipinski definition) is 1. The van der Waals surface area contributed by atoms with E-state index >= 15 is 0 Å². The minimum Gasteiger partial charge on any atom is -0.342 e. The largest absolute Gasteiger partial charge is 0.342 e. The maximum absolute atomic E-state index is 12.4. The molecule has 3 rings (SSSR count). The number of nitrogens with zero attached hydrogens (tertiary/aromatic N) is 3. The Morgan fingerprint density at radius 1 is 1.33 bits per heavy atom. The molecule has 1 N–H and O–H groups in total. The predicted molar refractivity (Wildman–Crippen MR) is 79.7 cm³/mol. The van der Waals surface area contributed by atoms with Crippen molar-refractivity contribution in [1.82, 2.24) is 20.1 Å². The van der Waals surface area contributed by atoms with Gasteiger partial charge in [-0.3, -0.25) is 14.9 Å². The Bertz CT molecular complexity index is 567. The monoisotopic (exact) mass is 284 g/mol. The summed E-state index contributed by atoms with van der Waals surface area (Å²) >= 11 is 0. The number of pyridine rings is 1. The maximum Gasteiger partial charge on any atom is 0.222 e. The van der Waals surface area contributed by atoms with E-state index in [9.17, 15) is 4.79 Å². The van der Waals surface area contributed by atoms with Crippen LogP contribution in [0.3, 0.4) is 0 Å². The third kappa shape index (κ3) is 3.48. The van der Waals surface area contributed by atoms with Crippen molar-refractivity contribution in [2.75, 3.05) is 13.1 Å². The molecule has 5 heteroatoms. The topological polar surface area (TPSA) is 61.9 Å². The summed E-state index contributed by atoms with van der Waals surface area (Å²) in [6.07, 6.45) is 6.97. The average Bonchev–Trinajstić information content (AvgIpc) is 3.08. The first kappa shape index (κ1) is 13.8. The molecular weight excluding hydrogens is 264 g/mol. The third-order valence-electron chi connectivity index (χ3n) is 4.06. The van der Waals surface area contributed by atoms with Gasteiger partial charge in [0, 0.05) is 49.2 Å². The number of carbonyl (C=O) groups excluding carboxylic acids is 1. The lowest BCUT2D eigenvalue weighted by Crippen LogP contribution is -2.39. The molecule has 0 bridgehead atoms. The lowest BCUT2D eigenvalue weighted by atomic mass is 9.94. The molecule has 1 amide bonds. The normalized spacial score (nSPS) is 18.7. The van der Waals surface area contributed by atoms with Crippen LogP contribution in [0.2, 0.25) is 0 Å². The predicted octanol–water partition coefficient (Wildman–Crippen LogP) is 2.14. The van der Waals surface area contributed by atoms with Crippen LogP contribution in [-0.2, 0) is 11.2 Å². The number of amides is 1. The van der Waals surface area contributed by atoms with Crippen LogP contribution in [0.5, 0.6) is 0 Å². The van der Waals surface area contributed by atoms with E-state index in [4.69, 9.17) is 0 Å². The van der Waals surface area contributed by atoms with E-state index in [1.54, 1.807) is 12.4 Å². The Kier molecular flexibility index (Phi) is 4.28. The van der Waals surface area contributed by atoms with E-state index in [1.165, 1.54) is 0 Å². The fraction of sp³-hybridized carbons (Fsp3) is 0.438. The van der Waals surface area contributed by atoms with Crippen molar-refractivity contribution in [2.45, 2.75) is 31.6 Å². The van der Waals surface area contributed by atoms with E-state index in [0.717, 1.165) is 37.3 Å². The number of H-pyrrole nitrogens is 1. The molecule has 5 nitrogen and oxygen atoms in total. The van der Waals surface area contributed by atoms with Gasteiger partial charge in [-0.15, -0.1) is 0 Å². The van der Waals surface area contributed by atoms with Crippen molar-refractivity contribution >= 4 is 5.91 Å². The summed E-state index contributed by atoms with van der Waals surface area (Å²) in [6, 6.07) is 7.83. The molecule has 110 valence electrons. The zero-order valence-corrected chi connectivity index (χ0v) is 12.0. The number of carbonyl (C=O) groups is 1. The van der Waals surface area contributed by atoms with Gasteiger partial charge in [-0.25, -0.2) is 0 Å². The summed E-state index contributed by atoms with van der Waals surface area (Å²) in [5.74, 6) is 0.616. The first-order chi connectivity index (χ1) is 10.3. The van der Waals surface area contributed by atoms with Gasteiger partial charge in [0.05, 0.1) is 0 Å². The molecule has 21 heavy (non-hydrogen) atoms. The van der Waals surface area contributed by atoms with Crippen molar-refractivity contribution in [3.63, 3.8) is 0 Å². The van der Waals surface area contributed by atoms with Gasteiger partial charge >= 0.3 is 0 Å². The van der Waals surface area contributed by atoms with E-state index < -0.39 is 0 Å². The van der Waals surface area contributed by atoms with Crippen LogP contribution in [0.4, 0.5) is 0 Å². The number of aryl methyl sites for hydroxylation is 1. The zero-order valence-electron chi connectivity index (χ0n) is 12.0. The molecule has 0 radical (unpaired) electrons. The number of piperidine rings is 1. The first-order valence-electron chi connectivity index (χ1n) is 7.50. The van der Waals surface area contributed by atoms with Gasteiger partial charge in [-0.1, -0.05) is 6.07 Å². The van der Waals surface area contributed by atoms with Crippen LogP contribution in [0.1, 0.15) is 36.6 Å². The van der Waals surface area contributed by atoms with Gasteiger partial charge in [0.1, 0.15) is 0 Å². The molecule has 2 aromatic rings. The first-order valence-corrected chi connectivity index (χ1v) is 7.50. The SMILES string of the molecule is O=C(CCc1ccccn1)N1CCC[C@@H](c2ccn[nH]2)C1. The molecule has 1 fully saturated rings. The zero-order chi connectivity index (χ0) is 14.5. The molecule has 1 atom stereocenters. The minimum absolute atomic E-state index is 0.227. The second-order valence-corrected chi connectivity index (χ2v) is 5.51. The lowest BCUT2D eigenvalue weighted by molar-refractivity contribution is -0.132. The summed E-state index contributed by atoms with van der Waals surface area (Å²) in [4.78, 5) is 18.6. The summed E-state index contributed by atoms with van der Waals surface area (Å²) in [7, 11) is 0. The Hall–Kier alpha value is -2.17. The molecule has 0 saturated carbocycles. The van der Waals surface area contributed by atoms with Crippen molar-refractivity contribution in [3.8, 4) is 0 Å². The van der Waals surface area contributed by atoms with Crippen molar-refractivity contribution in [3.05, 3.63) is 48.0 Å². The Morgan fingerprint density at radius 3 is 3.05 bits per heavy atom. The molecular formula is C16H20N4O. The second-order valence-electron chi connectivity index (χ2n) is 5.51. The van der Waals surface area contributed by atoms with E-state index in [1.807, 2.05) is 29.2 Å². The van der Waals surface area contributed by atoms with Crippen LogP contribution in [0.25, 0.3) is 0 Å². The smallest absolute Gasteiger partial charge is 0.222 e. The van der Waals surface area contributed by atoms with Gasteiger partial charge in [-0.2, -0.15) is 5.10 Å². The van der Waals surface area contributed by atoms with Crippen LogP contribution in [-0.4, -0.2) is 39.1 Å². The molecule has 3 heterocycles. The maximum atomic E-state index is 12.4. The highest BCUT2D eigenvalue weighted by atomic mass is 16.2. The van der Waals surface area contributed by atoms with Crippen LogP contribution in [0, 0.1) is 0 Å². The average molecular weight is 284 g/mol. The number of hydrogen-bond acceptors (Lipinski definition) is 3. The quantitative estimate of drug-likeness (QED) is 0.935. The van der Waals surface area contributed by atoms with Gasteiger partial charge in [0.15, 0.2) is 0 Å². The Balaban J connectivity index is 1.55. The van der Waals surface area contributed by atoms with Gasteiger partial charge < -0.3 is 4.90 Å². The fourth-order valence-electron chi connectivity index (χ4n) is 2.89. The lowest BCUT2D eigenvalue weighted by Gasteiger charge is -2.32. The van der Waals surface area contributed by atoms with E-state index in [0.29, 0.717) is 18.8 Å². The highest BCUT2D eigenvalue weighted by molar-refractivity contribution is 5.76. The molecule has 0 spiro atoms. The molecule has 0 aliphatic carbocycles. The molecule has 0 aromatic carbocycles. The van der Waals surface area contributed by atoms with Gasteiger partial charge in [-0.05, 0) is 37.5 Å². The highest BCUT2D eigenvalue weighted by Crippen LogP contribution is 2.25. The summed E-state index contributed by atoms with van der Waals surface area (Å²) in [6.45, 7) is 1.66. The minimum atomic E-state index is 0.227. The van der Waals surface area contributed by atoms with Gasteiger partial charge in [0.2, 0.25) is 5.91 Å². The van der Waals surface area contributed by atoms with E-state index in [2.05, 4.69) is 15.2 Å². The Labute approximate surface area is 124 Å². The van der Waals surface area contributed by atoms with Crippen molar-refractivity contribution in [2.24, 2.45) is 0 Å². The molecule has 2 aromatic heterocycles. The number of aromatic nitrogens is 3. The second kappa shape index (κ2) is 6.52. The van der Waals surface area contributed by atoms with Crippen molar-refractivity contribution < 1.29 is 4.79 Å². The van der Waals surface area contributed by atoms with Crippen LogP contribution >= 0.6 is 0 Å². The summed E-state index contributed by atoms with van der Waals surface area (Å²) < 4.78 is 0. The molecule has 1 saturated heterocycles. The third-order valence-corrected chi connectivity index (χ3v) is 4.06. The number of rotatable bonds is 4. The number of likely N-dealkylation sites (tertiary alicyclic amines) is 1. The number of aromatic amines is 1. The Morgan fingerprint density at radius 2 is 2.29 bits per heavy atom. The molecule has 1 aliphatic rings. The van der Waals surface area contributed by atoms with Crippen LogP contribution in [0.15, 0.2) is 36.7 Å². The number of nitrogens with one attached hydrogen (secondary N) is 1. The fourth-order valence-corrected chi connectivity index (χ4v) is 2.89. The van der Waals surface area contributed by atoms with Crippen molar-refractivity contribution in [1.29, 1.82) is 0 Å². The van der Waals surface area contributed by atoms with Gasteiger partial charge in [0.25, 0.3) is 0 Å². The summed E-state index contributed by atoms with van der Waals surface area (Å²) in [5, 5.41) is 7.03. The van der Waals surface area contributed by atoms with Crippen LogP contribution < -0.4 is 0 Å². The standard InChI is InChI=1S/C16H20N4O/c21-16(7-6-14-5-1-2-9-17-14)20-11-3-4-13(12-20)15-8-10-18-19-15/h1-2,5,8-10,13H,3-4,6-7,11-12H2,(H,18,19)/t13-/m1/s1. The molecule has 0 unspecified atom stereocenters. The molecule has 1 aliphatic heterocycles. The highest BCUT2D eigenvalue weighted by Gasteiger charge is 2.25. The summed E-state index contributed by atoms with van der Waals surface area (Å²) in [5.41, 5.74) is 2.12.